The van der Waals surface area contributed by atoms with E-state index in [4.69, 9.17) is 16.3 Å². The molecule has 0 radical (unpaired) electrons. The highest BCUT2D eigenvalue weighted by atomic mass is 35.5. The fraction of sp³-hybridized carbons (Fsp3) is 0.182. The lowest BCUT2D eigenvalue weighted by atomic mass is 10.1. The van der Waals surface area contributed by atoms with Crippen LogP contribution < -0.4 is 0 Å². The normalized spacial score (nSPS) is 11.1. The molecule has 1 N–H and O–H groups in total. The van der Waals surface area contributed by atoms with Crippen molar-refractivity contribution in [3.63, 3.8) is 0 Å². The second kappa shape index (κ2) is 8.82. The van der Waals surface area contributed by atoms with E-state index in [-0.39, 0.29) is 11.5 Å². The molecule has 0 unspecified atom stereocenters. The minimum Gasteiger partial charge on any atom is -0.465 e. The van der Waals surface area contributed by atoms with Crippen molar-refractivity contribution in [3.05, 3.63) is 63.5 Å². The molecule has 0 aliphatic carbocycles. The third kappa shape index (κ3) is 4.11. The Kier molecular flexibility index (Phi) is 6.13. The van der Waals surface area contributed by atoms with Gasteiger partial charge in [0.15, 0.2) is 5.78 Å². The number of methoxy groups -OCH3 is 1. The van der Waals surface area contributed by atoms with E-state index in [9.17, 15) is 9.59 Å². The van der Waals surface area contributed by atoms with Gasteiger partial charge in [0.1, 0.15) is 16.2 Å². The fourth-order valence-corrected chi connectivity index (χ4v) is 5.43. The van der Waals surface area contributed by atoms with Crippen molar-refractivity contribution in [1.29, 1.82) is 0 Å². The molecule has 3 heterocycles. The van der Waals surface area contributed by atoms with E-state index in [0.717, 1.165) is 26.4 Å². The number of Topliss-reactive ketones (excluding diaryl/α,β-unsaturated/α-hetero) is 1. The number of aromatic nitrogens is 3. The number of nitrogens with zero attached hydrogens (tertiary/aromatic N) is 2. The van der Waals surface area contributed by atoms with Crippen LogP contribution in [0.5, 0.6) is 0 Å². The first-order valence-electron chi connectivity index (χ1n) is 9.32. The number of nitrogens with one attached hydrogen (secondary N) is 1. The highest BCUT2D eigenvalue weighted by molar-refractivity contribution is 8.00. The molecule has 0 bridgehead atoms. The maximum absolute atomic E-state index is 12.9. The first-order valence-corrected chi connectivity index (χ1v) is 11.6. The molecule has 0 amide bonds. The predicted octanol–water partition coefficient (Wildman–Crippen LogP) is 5.72. The maximum Gasteiger partial charge on any atom is 0.339 e. The van der Waals surface area contributed by atoms with Gasteiger partial charge in [-0.15, -0.1) is 11.3 Å². The molecule has 0 aliphatic heterocycles. The Morgan fingerprint density at radius 2 is 1.94 bits per heavy atom. The van der Waals surface area contributed by atoms with Crippen LogP contribution in [-0.4, -0.2) is 39.6 Å². The van der Waals surface area contributed by atoms with Gasteiger partial charge in [0.05, 0.1) is 29.5 Å². The van der Waals surface area contributed by atoms with Crippen LogP contribution in [0.15, 0.2) is 41.0 Å². The summed E-state index contributed by atoms with van der Waals surface area (Å²) in [4.78, 5) is 37.6. The predicted molar refractivity (Wildman–Crippen MR) is 125 cm³/mol. The van der Waals surface area contributed by atoms with Crippen molar-refractivity contribution in [3.8, 4) is 11.1 Å². The molecule has 0 atom stereocenters. The van der Waals surface area contributed by atoms with Crippen molar-refractivity contribution < 1.29 is 14.3 Å². The molecule has 0 spiro atoms. The number of ether oxygens (including phenoxy) is 1. The number of esters is 1. The van der Waals surface area contributed by atoms with Gasteiger partial charge in [-0.05, 0) is 37.1 Å². The van der Waals surface area contributed by atoms with Gasteiger partial charge in [-0.1, -0.05) is 35.5 Å². The lowest BCUT2D eigenvalue weighted by Gasteiger charge is -2.06. The molecule has 4 rings (SSSR count). The third-order valence-corrected chi connectivity index (χ3v) is 7.06. The molecule has 1 aromatic carbocycles. The zero-order chi connectivity index (χ0) is 22.1. The zero-order valence-electron chi connectivity index (χ0n) is 17.0. The summed E-state index contributed by atoms with van der Waals surface area (Å²) in [5, 5.41) is 4.36. The molecule has 0 saturated heterocycles. The summed E-state index contributed by atoms with van der Waals surface area (Å²) in [6.45, 7) is 3.49. The molecule has 4 aromatic rings. The molecule has 0 saturated carbocycles. The topological polar surface area (TPSA) is 84.9 Å². The standard InChI is InChI=1S/C22H18ClN3O3S2/c1-11-17(22(28)29-3)12(2)26-19(11)16(27)9-31-21-18-15(8-30-20(18)24-10-25-21)13-4-6-14(23)7-5-13/h4-8,10,26H,9H2,1-3H3. The van der Waals surface area contributed by atoms with Crippen LogP contribution in [0, 0.1) is 13.8 Å². The van der Waals surface area contributed by atoms with Crippen LogP contribution in [0.1, 0.15) is 32.1 Å². The lowest BCUT2D eigenvalue weighted by Crippen LogP contribution is -2.07. The molecule has 31 heavy (non-hydrogen) atoms. The van der Waals surface area contributed by atoms with Gasteiger partial charge in [-0.2, -0.15) is 0 Å². The van der Waals surface area contributed by atoms with Gasteiger partial charge < -0.3 is 9.72 Å². The van der Waals surface area contributed by atoms with E-state index in [1.54, 1.807) is 13.8 Å². The van der Waals surface area contributed by atoms with E-state index >= 15 is 0 Å². The van der Waals surface area contributed by atoms with Gasteiger partial charge in [-0.3, -0.25) is 4.79 Å². The Morgan fingerprint density at radius 3 is 2.65 bits per heavy atom. The summed E-state index contributed by atoms with van der Waals surface area (Å²) in [6.07, 6.45) is 1.51. The zero-order valence-corrected chi connectivity index (χ0v) is 19.4. The van der Waals surface area contributed by atoms with Gasteiger partial charge in [0.25, 0.3) is 0 Å². The maximum atomic E-state index is 12.9. The summed E-state index contributed by atoms with van der Waals surface area (Å²) in [5.74, 6) is -0.402. The number of fused-ring (bicyclic) bond motifs is 1. The van der Waals surface area contributed by atoms with E-state index in [1.165, 1.54) is 36.5 Å². The Hall–Kier alpha value is -2.68. The molecular formula is C22H18ClN3O3S2. The number of thiophene rings is 1. The molecule has 3 aromatic heterocycles. The molecular weight excluding hydrogens is 454 g/mol. The number of carbonyl (C=O) groups excluding carboxylic acids is 2. The van der Waals surface area contributed by atoms with Crippen LogP contribution in [-0.2, 0) is 4.74 Å². The second-order valence-corrected chi connectivity index (χ2v) is 9.10. The number of carbonyl (C=O) groups is 2. The summed E-state index contributed by atoms with van der Waals surface area (Å²) >= 11 is 8.91. The average molecular weight is 472 g/mol. The van der Waals surface area contributed by atoms with Crippen molar-refractivity contribution in [2.75, 3.05) is 12.9 Å². The highest BCUT2D eigenvalue weighted by Gasteiger charge is 2.23. The molecule has 6 nitrogen and oxygen atoms in total. The van der Waals surface area contributed by atoms with Gasteiger partial charge in [-0.25, -0.2) is 14.8 Å². The van der Waals surface area contributed by atoms with Crippen molar-refractivity contribution in [2.45, 2.75) is 18.9 Å². The first-order chi connectivity index (χ1) is 14.9. The van der Waals surface area contributed by atoms with E-state index in [1.807, 2.05) is 29.6 Å². The van der Waals surface area contributed by atoms with E-state index < -0.39 is 5.97 Å². The van der Waals surface area contributed by atoms with Crippen LogP contribution >= 0.6 is 34.7 Å². The monoisotopic (exact) mass is 471 g/mol. The number of rotatable bonds is 6. The number of aryl methyl sites for hydroxylation is 1. The molecule has 0 aliphatic rings. The lowest BCUT2D eigenvalue weighted by molar-refractivity contribution is 0.0599. The summed E-state index contributed by atoms with van der Waals surface area (Å²) < 4.78 is 4.82. The largest absolute Gasteiger partial charge is 0.465 e. The summed E-state index contributed by atoms with van der Waals surface area (Å²) in [7, 11) is 1.32. The summed E-state index contributed by atoms with van der Waals surface area (Å²) in [5.41, 5.74) is 4.05. The van der Waals surface area contributed by atoms with Crippen LogP contribution in [0.25, 0.3) is 21.3 Å². The number of thioether (sulfide) groups is 1. The fourth-order valence-electron chi connectivity index (χ4n) is 3.44. The van der Waals surface area contributed by atoms with Crippen molar-refractivity contribution >= 4 is 56.7 Å². The molecule has 158 valence electrons. The number of aromatic amines is 1. The van der Waals surface area contributed by atoms with Crippen molar-refractivity contribution in [2.24, 2.45) is 0 Å². The number of benzene rings is 1. The number of H-pyrrole nitrogens is 1. The van der Waals surface area contributed by atoms with Gasteiger partial charge in [0.2, 0.25) is 0 Å². The Balaban J connectivity index is 1.63. The SMILES string of the molecule is COC(=O)c1c(C)[nH]c(C(=O)CSc2ncnc3scc(-c4ccc(Cl)cc4)c23)c1C. The Morgan fingerprint density at radius 1 is 1.19 bits per heavy atom. The minimum atomic E-state index is -0.457. The quantitative estimate of drug-likeness (QED) is 0.167. The highest BCUT2D eigenvalue weighted by Crippen LogP contribution is 2.38. The number of hydrogen-bond acceptors (Lipinski definition) is 7. The number of halogens is 1. The third-order valence-electron chi connectivity index (χ3n) is 4.94. The van der Waals surface area contributed by atoms with E-state index in [2.05, 4.69) is 15.0 Å². The van der Waals surface area contributed by atoms with Crippen molar-refractivity contribution in [1.82, 2.24) is 15.0 Å². The average Bonchev–Trinajstić information content (AvgIpc) is 3.33. The molecule has 9 heteroatoms. The van der Waals surface area contributed by atoms with E-state index in [0.29, 0.717) is 27.5 Å². The Labute approximate surface area is 192 Å². The van der Waals surface area contributed by atoms with Crippen LogP contribution in [0.2, 0.25) is 5.02 Å². The Bertz CT molecular complexity index is 1300. The number of hydrogen-bond donors (Lipinski definition) is 1. The summed E-state index contributed by atoms with van der Waals surface area (Å²) in [6, 6.07) is 7.59. The molecule has 0 fully saturated rings. The van der Waals surface area contributed by atoms with Crippen LogP contribution in [0.4, 0.5) is 0 Å². The minimum absolute atomic E-state index is 0.115. The second-order valence-electron chi connectivity index (χ2n) is 6.84. The van der Waals surface area contributed by atoms with Gasteiger partial charge in [0, 0.05) is 21.7 Å². The first kappa shape index (κ1) is 21.5. The number of ketones is 1. The van der Waals surface area contributed by atoms with Crippen LogP contribution in [0.3, 0.4) is 0 Å². The smallest absolute Gasteiger partial charge is 0.339 e. The van der Waals surface area contributed by atoms with Gasteiger partial charge >= 0.3 is 5.97 Å².